The highest BCUT2D eigenvalue weighted by Gasteiger charge is 2.09. The third-order valence-corrected chi connectivity index (χ3v) is 2.57. The summed E-state index contributed by atoms with van der Waals surface area (Å²) in [5.74, 6) is -0.259. The topological polar surface area (TPSA) is 26.3 Å². The summed E-state index contributed by atoms with van der Waals surface area (Å²) in [5, 5.41) is 0. The Morgan fingerprint density at radius 3 is 2.53 bits per heavy atom. The minimum Gasteiger partial charge on any atom is -0.458 e. The lowest BCUT2D eigenvalue weighted by Crippen LogP contribution is -1.90. The van der Waals surface area contributed by atoms with Crippen molar-refractivity contribution in [3.8, 4) is 0 Å². The molecule has 0 unspecified atom stereocenters. The first-order chi connectivity index (χ1) is 7.24. The second-order valence-corrected chi connectivity index (χ2v) is 4.13. The van der Waals surface area contributed by atoms with Gasteiger partial charge in [-0.15, -0.1) is 0 Å². The third-order valence-electron chi connectivity index (χ3n) is 2.04. The van der Waals surface area contributed by atoms with Crippen LogP contribution in [0.3, 0.4) is 0 Å². The molecule has 1 aromatic carbocycles. The van der Waals surface area contributed by atoms with Crippen molar-refractivity contribution in [3.05, 3.63) is 52.0 Å². The minimum atomic E-state index is -0.259. The Labute approximate surface area is 96.4 Å². The Bertz CT molecular complexity index is 429. The maximum Gasteiger partial charge on any atom is 0.331 e. The lowest BCUT2D eigenvalue weighted by molar-refractivity contribution is -0.134. The first kappa shape index (κ1) is 10.2. The highest BCUT2D eigenvalue weighted by atomic mass is 79.9. The van der Waals surface area contributed by atoms with E-state index in [0.29, 0.717) is 6.61 Å². The maximum atomic E-state index is 10.8. The fourth-order valence-corrected chi connectivity index (χ4v) is 1.53. The van der Waals surface area contributed by atoms with E-state index in [9.17, 15) is 4.79 Å². The SMILES string of the molecule is O=C1C=C(/C=C\c2ccc(Br)cc2)CO1. The van der Waals surface area contributed by atoms with E-state index < -0.39 is 0 Å². The summed E-state index contributed by atoms with van der Waals surface area (Å²) in [6, 6.07) is 7.95. The molecule has 2 nitrogen and oxygen atoms in total. The van der Waals surface area contributed by atoms with Crippen molar-refractivity contribution in [3.63, 3.8) is 0 Å². The predicted octanol–water partition coefficient (Wildman–Crippen LogP) is 2.95. The highest BCUT2D eigenvalue weighted by molar-refractivity contribution is 9.10. The van der Waals surface area contributed by atoms with E-state index in [-0.39, 0.29) is 5.97 Å². The summed E-state index contributed by atoms with van der Waals surface area (Å²) in [7, 11) is 0. The van der Waals surface area contributed by atoms with Crippen molar-refractivity contribution in [1.82, 2.24) is 0 Å². The van der Waals surface area contributed by atoms with Crippen LogP contribution in [0, 0.1) is 0 Å². The lowest BCUT2D eigenvalue weighted by atomic mass is 10.2. The molecule has 1 aromatic rings. The molecule has 76 valence electrons. The molecule has 0 aromatic heterocycles. The molecule has 0 amide bonds. The Kier molecular flexibility index (Phi) is 3.02. The van der Waals surface area contributed by atoms with Crippen LogP contribution in [-0.2, 0) is 9.53 Å². The van der Waals surface area contributed by atoms with Crippen LogP contribution in [0.15, 0.2) is 46.5 Å². The number of carbonyl (C=O) groups excluding carboxylic acids is 1. The Morgan fingerprint density at radius 2 is 1.93 bits per heavy atom. The lowest BCUT2D eigenvalue weighted by Gasteiger charge is -1.94. The molecule has 1 heterocycles. The van der Waals surface area contributed by atoms with Gasteiger partial charge in [-0.3, -0.25) is 0 Å². The van der Waals surface area contributed by atoms with Gasteiger partial charge in [0, 0.05) is 10.5 Å². The molecule has 0 N–H and O–H groups in total. The molecule has 3 heteroatoms. The molecule has 0 fully saturated rings. The molecule has 0 atom stereocenters. The van der Waals surface area contributed by atoms with Crippen LogP contribution >= 0.6 is 15.9 Å². The Hall–Kier alpha value is -1.35. The van der Waals surface area contributed by atoms with Gasteiger partial charge in [-0.1, -0.05) is 40.2 Å². The molecular formula is C12H9BrO2. The summed E-state index contributed by atoms with van der Waals surface area (Å²) in [6.45, 7) is 0.381. The molecule has 0 bridgehead atoms. The van der Waals surface area contributed by atoms with Crippen molar-refractivity contribution in [2.45, 2.75) is 0 Å². The van der Waals surface area contributed by atoms with Crippen molar-refractivity contribution < 1.29 is 9.53 Å². The molecule has 0 saturated carbocycles. The third kappa shape index (κ3) is 2.80. The average molecular weight is 265 g/mol. The second kappa shape index (κ2) is 4.45. The molecule has 0 aliphatic carbocycles. The van der Waals surface area contributed by atoms with Gasteiger partial charge in [-0.2, -0.15) is 0 Å². The molecule has 0 saturated heterocycles. The normalized spacial score (nSPS) is 15.5. The zero-order valence-electron chi connectivity index (χ0n) is 7.94. The summed E-state index contributed by atoms with van der Waals surface area (Å²) in [4.78, 5) is 10.8. The van der Waals surface area contributed by atoms with Crippen molar-refractivity contribution in [2.24, 2.45) is 0 Å². The van der Waals surface area contributed by atoms with Crippen LogP contribution in [0.5, 0.6) is 0 Å². The van der Waals surface area contributed by atoms with E-state index in [2.05, 4.69) is 15.9 Å². The van der Waals surface area contributed by atoms with Crippen molar-refractivity contribution >= 4 is 28.0 Å². The van der Waals surface area contributed by atoms with E-state index in [1.165, 1.54) is 6.08 Å². The van der Waals surface area contributed by atoms with Crippen LogP contribution in [0.25, 0.3) is 6.08 Å². The monoisotopic (exact) mass is 264 g/mol. The van der Waals surface area contributed by atoms with Gasteiger partial charge in [0.25, 0.3) is 0 Å². The summed E-state index contributed by atoms with van der Waals surface area (Å²) in [5.41, 5.74) is 2.00. The first-order valence-electron chi connectivity index (χ1n) is 4.55. The van der Waals surface area contributed by atoms with Crippen molar-refractivity contribution in [2.75, 3.05) is 6.61 Å². The van der Waals surface area contributed by atoms with E-state index in [1.807, 2.05) is 36.4 Å². The number of ether oxygens (including phenoxy) is 1. The molecule has 1 aliphatic heterocycles. The van der Waals surface area contributed by atoms with Gasteiger partial charge in [0.2, 0.25) is 0 Å². The zero-order chi connectivity index (χ0) is 10.7. The largest absolute Gasteiger partial charge is 0.458 e. The molecule has 0 radical (unpaired) electrons. The van der Waals surface area contributed by atoms with Crippen LogP contribution in [0.1, 0.15) is 5.56 Å². The van der Waals surface area contributed by atoms with Gasteiger partial charge < -0.3 is 4.74 Å². The minimum absolute atomic E-state index is 0.259. The van der Waals surface area contributed by atoms with E-state index in [1.54, 1.807) is 0 Å². The smallest absolute Gasteiger partial charge is 0.331 e. The van der Waals surface area contributed by atoms with Gasteiger partial charge in [-0.05, 0) is 23.3 Å². The molecule has 0 spiro atoms. The first-order valence-corrected chi connectivity index (χ1v) is 5.34. The summed E-state index contributed by atoms with van der Waals surface area (Å²) < 4.78 is 5.84. The zero-order valence-corrected chi connectivity index (χ0v) is 9.53. The number of benzene rings is 1. The number of rotatable bonds is 2. The number of carbonyl (C=O) groups is 1. The fraction of sp³-hybridized carbons (Fsp3) is 0.0833. The van der Waals surface area contributed by atoms with Crippen LogP contribution in [0.4, 0.5) is 0 Å². The van der Waals surface area contributed by atoms with Gasteiger partial charge >= 0.3 is 5.97 Å². The van der Waals surface area contributed by atoms with Gasteiger partial charge in [-0.25, -0.2) is 4.79 Å². The molecular weight excluding hydrogens is 256 g/mol. The summed E-state index contributed by atoms with van der Waals surface area (Å²) in [6.07, 6.45) is 5.36. The van der Waals surface area contributed by atoms with E-state index >= 15 is 0 Å². The predicted molar refractivity (Wildman–Crippen MR) is 62.2 cm³/mol. The second-order valence-electron chi connectivity index (χ2n) is 3.21. The number of hydrogen-bond acceptors (Lipinski definition) is 2. The van der Waals surface area contributed by atoms with E-state index in [0.717, 1.165) is 15.6 Å². The summed E-state index contributed by atoms with van der Waals surface area (Å²) >= 11 is 3.37. The quantitative estimate of drug-likeness (QED) is 0.768. The average Bonchev–Trinajstić information content (AvgIpc) is 2.64. The fourth-order valence-electron chi connectivity index (χ4n) is 1.26. The Morgan fingerprint density at radius 1 is 1.20 bits per heavy atom. The van der Waals surface area contributed by atoms with Crippen LogP contribution < -0.4 is 0 Å². The standard InChI is InChI=1S/C12H9BrO2/c13-11-5-3-9(4-6-11)1-2-10-7-12(14)15-8-10/h1-7H,8H2/b2-1-. The number of esters is 1. The highest BCUT2D eigenvalue weighted by Crippen LogP contribution is 2.13. The van der Waals surface area contributed by atoms with Crippen LogP contribution in [0.2, 0.25) is 0 Å². The maximum absolute atomic E-state index is 10.8. The number of halogens is 1. The molecule has 2 rings (SSSR count). The van der Waals surface area contributed by atoms with E-state index in [4.69, 9.17) is 4.74 Å². The number of hydrogen-bond donors (Lipinski definition) is 0. The van der Waals surface area contributed by atoms with Gasteiger partial charge in [0.1, 0.15) is 6.61 Å². The van der Waals surface area contributed by atoms with Crippen LogP contribution in [-0.4, -0.2) is 12.6 Å². The van der Waals surface area contributed by atoms with Crippen molar-refractivity contribution in [1.29, 1.82) is 0 Å². The molecule has 15 heavy (non-hydrogen) atoms. The van der Waals surface area contributed by atoms with Gasteiger partial charge in [0.05, 0.1) is 0 Å². The Balaban J connectivity index is 2.08. The number of cyclic esters (lactones) is 1. The molecule has 1 aliphatic rings. The van der Waals surface area contributed by atoms with Gasteiger partial charge in [0.15, 0.2) is 0 Å².